The summed E-state index contributed by atoms with van der Waals surface area (Å²) < 4.78 is 6.29. The first-order valence-corrected chi connectivity index (χ1v) is 9.59. The number of nitrogens with one attached hydrogen (secondary N) is 1. The van der Waals surface area contributed by atoms with Crippen LogP contribution in [0.25, 0.3) is 0 Å². The summed E-state index contributed by atoms with van der Waals surface area (Å²) in [5, 5.41) is 3.23. The molecule has 1 fully saturated rings. The maximum Gasteiger partial charge on any atom is 0.221 e. The van der Waals surface area contributed by atoms with Gasteiger partial charge in [0.05, 0.1) is 0 Å². The van der Waals surface area contributed by atoms with Gasteiger partial charge in [-0.2, -0.15) is 0 Å². The average Bonchev–Trinajstić information content (AvgIpc) is 2.68. The Morgan fingerprint density at radius 2 is 1.81 bits per heavy atom. The molecule has 4 nitrogen and oxygen atoms in total. The van der Waals surface area contributed by atoms with Crippen LogP contribution in [0.1, 0.15) is 50.8 Å². The third-order valence-corrected chi connectivity index (χ3v) is 4.72. The van der Waals surface area contributed by atoms with Crippen LogP contribution < -0.4 is 10.1 Å². The average molecular weight is 352 g/mol. The van der Waals surface area contributed by atoms with Crippen LogP contribution in [0.3, 0.4) is 0 Å². The standard InChI is InChI=1S/C22H28N2O2/c1-2-11-20(25)23-22(18-12-5-3-6-13-18)24-17-10-9-16-21(24)26-19-14-7-4-8-15-19/h3-8,12-15,21-22H,2,9-11,16-17H2,1H3,(H,23,25). The van der Waals surface area contributed by atoms with E-state index in [1.165, 1.54) is 0 Å². The van der Waals surface area contributed by atoms with Gasteiger partial charge < -0.3 is 10.1 Å². The number of amides is 1. The third-order valence-electron chi connectivity index (χ3n) is 4.72. The molecule has 0 aliphatic carbocycles. The van der Waals surface area contributed by atoms with Crippen LogP contribution in [0.15, 0.2) is 60.7 Å². The van der Waals surface area contributed by atoms with E-state index in [9.17, 15) is 4.79 Å². The highest BCUT2D eigenvalue weighted by Crippen LogP contribution is 2.29. The third kappa shape index (κ3) is 4.85. The lowest BCUT2D eigenvalue weighted by Crippen LogP contribution is -2.50. The van der Waals surface area contributed by atoms with Crippen molar-refractivity contribution in [2.24, 2.45) is 0 Å². The van der Waals surface area contributed by atoms with Gasteiger partial charge in [-0.3, -0.25) is 4.79 Å². The fourth-order valence-corrected chi connectivity index (χ4v) is 3.45. The van der Waals surface area contributed by atoms with Crippen LogP contribution in [0, 0.1) is 0 Å². The van der Waals surface area contributed by atoms with E-state index in [1.54, 1.807) is 0 Å². The van der Waals surface area contributed by atoms with Crippen LogP contribution in [-0.4, -0.2) is 23.6 Å². The predicted molar refractivity (Wildman–Crippen MR) is 104 cm³/mol. The van der Waals surface area contributed by atoms with E-state index in [0.717, 1.165) is 43.5 Å². The number of likely N-dealkylation sites (tertiary alicyclic amines) is 1. The lowest BCUT2D eigenvalue weighted by atomic mass is 10.0. The molecule has 1 amide bonds. The zero-order valence-electron chi connectivity index (χ0n) is 15.4. The number of piperidine rings is 1. The summed E-state index contributed by atoms with van der Waals surface area (Å²) >= 11 is 0. The number of nitrogens with zero attached hydrogens (tertiary/aromatic N) is 1. The van der Waals surface area contributed by atoms with Gasteiger partial charge in [-0.05, 0) is 43.4 Å². The number of rotatable bonds is 7. The SMILES string of the molecule is CCCC(=O)NC(c1ccccc1)N1CCCCC1Oc1ccccc1. The molecule has 0 spiro atoms. The number of carbonyl (C=O) groups excluding carboxylic acids is 1. The van der Waals surface area contributed by atoms with Crippen molar-refractivity contribution in [3.8, 4) is 5.75 Å². The Morgan fingerprint density at radius 1 is 1.12 bits per heavy atom. The predicted octanol–water partition coefficient (Wildman–Crippen LogP) is 4.49. The quantitative estimate of drug-likeness (QED) is 0.798. The van der Waals surface area contributed by atoms with Gasteiger partial charge in [0, 0.05) is 13.0 Å². The normalized spacial score (nSPS) is 18.9. The van der Waals surface area contributed by atoms with E-state index < -0.39 is 0 Å². The monoisotopic (exact) mass is 352 g/mol. The van der Waals surface area contributed by atoms with Crippen LogP contribution in [0.2, 0.25) is 0 Å². The Balaban J connectivity index is 1.83. The number of hydrogen-bond acceptors (Lipinski definition) is 3. The van der Waals surface area contributed by atoms with Crippen LogP contribution in [-0.2, 0) is 4.79 Å². The van der Waals surface area contributed by atoms with Gasteiger partial charge in [-0.15, -0.1) is 0 Å². The molecule has 0 radical (unpaired) electrons. The highest BCUT2D eigenvalue weighted by Gasteiger charge is 2.32. The molecule has 1 aliphatic heterocycles. The van der Waals surface area contributed by atoms with Crippen molar-refractivity contribution in [1.29, 1.82) is 0 Å². The maximum atomic E-state index is 12.4. The molecular weight excluding hydrogens is 324 g/mol. The highest BCUT2D eigenvalue weighted by molar-refractivity contribution is 5.76. The lowest BCUT2D eigenvalue weighted by molar-refractivity contribution is -0.125. The second-order valence-electron chi connectivity index (χ2n) is 6.75. The summed E-state index contributed by atoms with van der Waals surface area (Å²) in [4.78, 5) is 14.6. The summed E-state index contributed by atoms with van der Waals surface area (Å²) in [5.74, 6) is 0.960. The number of ether oxygens (including phenoxy) is 1. The molecule has 3 rings (SSSR count). The first kappa shape index (κ1) is 18.5. The van der Waals surface area contributed by atoms with E-state index >= 15 is 0 Å². The molecule has 0 bridgehead atoms. The number of para-hydroxylation sites is 1. The van der Waals surface area contributed by atoms with Gasteiger partial charge in [0.15, 0.2) is 6.23 Å². The van der Waals surface area contributed by atoms with E-state index in [2.05, 4.69) is 22.3 Å². The summed E-state index contributed by atoms with van der Waals surface area (Å²) in [6.07, 6.45) is 4.39. The molecule has 2 aromatic rings. The molecule has 0 aromatic heterocycles. The number of hydrogen-bond donors (Lipinski definition) is 1. The van der Waals surface area contributed by atoms with Crippen molar-refractivity contribution >= 4 is 5.91 Å². The zero-order valence-corrected chi connectivity index (χ0v) is 15.4. The summed E-state index contributed by atoms with van der Waals surface area (Å²) in [7, 11) is 0. The first-order valence-electron chi connectivity index (χ1n) is 9.59. The van der Waals surface area contributed by atoms with E-state index in [-0.39, 0.29) is 18.3 Å². The zero-order chi connectivity index (χ0) is 18.2. The topological polar surface area (TPSA) is 41.6 Å². The van der Waals surface area contributed by atoms with Crippen molar-refractivity contribution in [3.05, 3.63) is 66.2 Å². The molecule has 2 aromatic carbocycles. The molecule has 1 heterocycles. The van der Waals surface area contributed by atoms with Gasteiger partial charge in [0.25, 0.3) is 0 Å². The Morgan fingerprint density at radius 3 is 2.50 bits per heavy atom. The van der Waals surface area contributed by atoms with Crippen molar-refractivity contribution in [2.45, 2.75) is 51.4 Å². The van der Waals surface area contributed by atoms with Gasteiger partial charge >= 0.3 is 0 Å². The minimum Gasteiger partial charge on any atom is -0.475 e. The second kappa shape index (κ2) is 9.39. The molecule has 138 valence electrons. The van der Waals surface area contributed by atoms with Gasteiger partial charge in [-0.25, -0.2) is 4.90 Å². The summed E-state index contributed by atoms with van der Waals surface area (Å²) in [6.45, 7) is 2.93. The van der Waals surface area contributed by atoms with E-state index in [1.807, 2.05) is 55.5 Å². The fraction of sp³-hybridized carbons (Fsp3) is 0.409. The Hall–Kier alpha value is -2.33. The molecule has 2 atom stereocenters. The molecule has 1 saturated heterocycles. The molecule has 4 heteroatoms. The Bertz CT molecular complexity index is 675. The molecule has 0 saturated carbocycles. The Labute approximate surface area is 156 Å². The maximum absolute atomic E-state index is 12.4. The minimum atomic E-state index is -0.163. The van der Waals surface area contributed by atoms with Gasteiger partial charge in [0.2, 0.25) is 5.91 Å². The van der Waals surface area contributed by atoms with Crippen molar-refractivity contribution in [2.75, 3.05) is 6.54 Å². The van der Waals surface area contributed by atoms with Gasteiger partial charge in [-0.1, -0.05) is 55.5 Å². The van der Waals surface area contributed by atoms with E-state index in [0.29, 0.717) is 6.42 Å². The first-order chi connectivity index (χ1) is 12.8. The van der Waals surface area contributed by atoms with E-state index in [4.69, 9.17) is 4.74 Å². The van der Waals surface area contributed by atoms with Crippen LogP contribution >= 0.6 is 0 Å². The smallest absolute Gasteiger partial charge is 0.221 e. The Kier molecular flexibility index (Phi) is 6.67. The van der Waals surface area contributed by atoms with Crippen LogP contribution in [0.4, 0.5) is 0 Å². The number of carbonyl (C=O) groups is 1. The van der Waals surface area contributed by atoms with Crippen molar-refractivity contribution < 1.29 is 9.53 Å². The second-order valence-corrected chi connectivity index (χ2v) is 6.75. The van der Waals surface area contributed by atoms with Crippen molar-refractivity contribution in [3.63, 3.8) is 0 Å². The highest BCUT2D eigenvalue weighted by atomic mass is 16.5. The molecule has 1 N–H and O–H groups in total. The molecule has 2 unspecified atom stereocenters. The van der Waals surface area contributed by atoms with Gasteiger partial charge in [0.1, 0.15) is 11.9 Å². The number of benzene rings is 2. The molecular formula is C22H28N2O2. The summed E-state index contributed by atoms with van der Waals surface area (Å²) in [5.41, 5.74) is 1.10. The summed E-state index contributed by atoms with van der Waals surface area (Å²) in [6, 6.07) is 20.1. The fourth-order valence-electron chi connectivity index (χ4n) is 3.45. The molecule has 1 aliphatic rings. The van der Waals surface area contributed by atoms with Crippen LogP contribution in [0.5, 0.6) is 5.75 Å². The largest absolute Gasteiger partial charge is 0.475 e. The molecule has 26 heavy (non-hydrogen) atoms. The minimum absolute atomic E-state index is 0.0433. The van der Waals surface area contributed by atoms with Crippen molar-refractivity contribution in [1.82, 2.24) is 10.2 Å². The lowest BCUT2D eigenvalue weighted by Gasteiger charge is -2.41.